The molecular weight excluding hydrogens is 231 g/mol. The summed E-state index contributed by atoms with van der Waals surface area (Å²) in [6, 6.07) is 0. The molecule has 9 heteroatoms. The summed E-state index contributed by atoms with van der Waals surface area (Å²) in [6.07, 6.45) is -7.29. The Kier molecular flexibility index (Phi) is 6.86. The second-order valence-corrected chi connectivity index (χ2v) is 3.57. The summed E-state index contributed by atoms with van der Waals surface area (Å²) >= 11 is 0. The molecule has 0 rings (SSSR count). The van der Waals surface area contributed by atoms with Crippen LogP contribution in [0, 0.1) is 0 Å². The van der Waals surface area contributed by atoms with Crippen molar-refractivity contribution in [2.24, 2.45) is 0 Å². The van der Waals surface area contributed by atoms with Crippen LogP contribution in [-0.4, -0.2) is 62.6 Å². The van der Waals surface area contributed by atoms with E-state index in [9.17, 15) is 9.36 Å². The smallest absolute Gasteiger partial charge is 0.316 e. The van der Waals surface area contributed by atoms with Crippen molar-refractivity contribution >= 4 is 14.5 Å². The third-order valence-electron chi connectivity index (χ3n) is 1.61. The molecule has 90 valence electrons. The average Bonchev–Trinajstić information content (AvgIpc) is 2.22. The van der Waals surface area contributed by atoms with Crippen molar-refractivity contribution in [3.8, 4) is 0 Å². The predicted octanol–water partition coefficient (Wildman–Crippen LogP) is -2.97. The van der Waals surface area contributed by atoms with E-state index in [0.717, 1.165) is 0 Å². The summed E-state index contributed by atoms with van der Waals surface area (Å²) in [4.78, 5) is 18.3. The molecule has 0 saturated heterocycles. The lowest BCUT2D eigenvalue weighted by Crippen LogP contribution is -2.46. The Morgan fingerprint density at radius 2 is 1.73 bits per heavy atom. The van der Waals surface area contributed by atoms with Gasteiger partial charge in [-0.1, -0.05) is 0 Å². The van der Waals surface area contributed by atoms with E-state index in [1.54, 1.807) is 0 Å². The zero-order valence-corrected chi connectivity index (χ0v) is 8.55. The molecule has 0 heterocycles. The quantitative estimate of drug-likeness (QED) is 0.236. The maximum absolute atomic E-state index is 10.1. The monoisotopic (exact) mass is 244 g/mol. The maximum atomic E-state index is 10.1. The first-order chi connectivity index (χ1) is 6.90. The van der Waals surface area contributed by atoms with Crippen LogP contribution in [-0.2, 0) is 13.9 Å². The third-order valence-corrected chi connectivity index (χ3v) is 2.02. The molecule has 0 aromatic rings. The Bertz CT molecular complexity index is 221. The first-order valence-corrected chi connectivity index (χ1v) is 5.19. The van der Waals surface area contributed by atoms with Gasteiger partial charge in [0, 0.05) is 0 Å². The van der Waals surface area contributed by atoms with Crippen molar-refractivity contribution in [2.75, 3.05) is 6.61 Å². The normalized spacial score (nSPS) is 21.4. The van der Waals surface area contributed by atoms with E-state index in [1.807, 2.05) is 0 Å². The van der Waals surface area contributed by atoms with Crippen LogP contribution in [0.2, 0.25) is 0 Å². The molecule has 0 bridgehead atoms. The van der Waals surface area contributed by atoms with Crippen molar-refractivity contribution in [3.05, 3.63) is 0 Å². The van der Waals surface area contributed by atoms with E-state index in [1.165, 1.54) is 0 Å². The zero-order valence-electron chi connectivity index (χ0n) is 7.55. The SMILES string of the molecule is O=CC(O)C(O)C(O)C(O)CO[PH](=O)O. The van der Waals surface area contributed by atoms with Crippen LogP contribution in [0.25, 0.3) is 0 Å². The van der Waals surface area contributed by atoms with E-state index in [-0.39, 0.29) is 6.29 Å². The molecule has 0 saturated carbocycles. The van der Waals surface area contributed by atoms with Crippen LogP contribution in [0.4, 0.5) is 0 Å². The zero-order chi connectivity index (χ0) is 12.0. The molecule has 15 heavy (non-hydrogen) atoms. The second kappa shape index (κ2) is 7.02. The Labute approximate surface area is 85.7 Å². The Morgan fingerprint density at radius 1 is 1.20 bits per heavy atom. The van der Waals surface area contributed by atoms with Gasteiger partial charge in [0.2, 0.25) is 0 Å². The van der Waals surface area contributed by atoms with E-state index in [4.69, 9.17) is 25.3 Å². The predicted molar refractivity (Wildman–Crippen MR) is 47.3 cm³/mol. The fourth-order valence-corrected chi connectivity index (χ4v) is 1.08. The fraction of sp³-hybridized carbons (Fsp3) is 0.833. The Hall–Kier alpha value is -0.340. The molecule has 5 N–H and O–H groups in total. The van der Waals surface area contributed by atoms with Gasteiger partial charge in [0.25, 0.3) is 0 Å². The Balaban J connectivity index is 4.11. The molecule has 0 aliphatic carbocycles. The van der Waals surface area contributed by atoms with Gasteiger partial charge in [0.1, 0.15) is 24.4 Å². The van der Waals surface area contributed by atoms with Crippen LogP contribution < -0.4 is 0 Å². The molecule has 5 unspecified atom stereocenters. The summed E-state index contributed by atoms with van der Waals surface area (Å²) < 4.78 is 14.2. The minimum absolute atomic E-state index is 0.0175. The van der Waals surface area contributed by atoms with Crippen LogP contribution >= 0.6 is 8.25 Å². The summed E-state index contributed by atoms with van der Waals surface area (Å²) in [5, 5.41) is 36.0. The van der Waals surface area contributed by atoms with E-state index >= 15 is 0 Å². The van der Waals surface area contributed by atoms with E-state index in [0.29, 0.717) is 0 Å². The van der Waals surface area contributed by atoms with Gasteiger partial charge in [-0.25, -0.2) is 0 Å². The first kappa shape index (κ1) is 14.7. The number of hydrogen-bond donors (Lipinski definition) is 5. The van der Waals surface area contributed by atoms with Crippen molar-refractivity contribution in [2.45, 2.75) is 24.4 Å². The molecule has 0 aliphatic heterocycles. The highest BCUT2D eigenvalue weighted by Crippen LogP contribution is 2.16. The van der Waals surface area contributed by atoms with Gasteiger partial charge in [-0.05, 0) is 0 Å². The highest BCUT2D eigenvalue weighted by atomic mass is 31.1. The minimum Gasteiger partial charge on any atom is -0.388 e. The van der Waals surface area contributed by atoms with Crippen LogP contribution in [0.5, 0.6) is 0 Å². The molecule has 0 aliphatic rings. The highest BCUT2D eigenvalue weighted by molar-refractivity contribution is 7.32. The lowest BCUT2D eigenvalue weighted by Gasteiger charge is -2.23. The third kappa shape index (κ3) is 5.33. The molecule has 0 radical (unpaired) electrons. The number of carbonyl (C=O) groups excluding carboxylic acids is 1. The highest BCUT2D eigenvalue weighted by Gasteiger charge is 2.30. The number of aliphatic hydroxyl groups is 4. The van der Waals surface area contributed by atoms with Crippen molar-refractivity contribution in [1.29, 1.82) is 0 Å². The van der Waals surface area contributed by atoms with E-state index in [2.05, 4.69) is 4.52 Å². The molecule has 0 aromatic heterocycles. The number of rotatable bonds is 7. The summed E-state index contributed by atoms with van der Waals surface area (Å²) in [6.45, 7) is -0.696. The van der Waals surface area contributed by atoms with Gasteiger partial charge in [0.15, 0.2) is 6.29 Å². The summed E-state index contributed by atoms with van der Waals surface area (Å²) in [5.74, 6) is 0. The van der Waals surface area contributed by atoms with Crippen molar-refractivity contribution in [3.63, 3.8) is 0 Å². The number of carbonyl (C=O) groups is 1. The van der Waals surface area contributed by atoms with E-state index < -0.39 is 39.3 Å². The van der Waals surface area contributed by atoms with Crippen molar-refractivity contribution < 1.29 is 39.2 Å². The topological polar surface area (TPSA) is 145 Å². The summed E-state index contributed by atoms with van der Waals surface area (Å²) in [7, 11) is -3.25. The Morgan fingerprint density at radius 3 is 2.13 bits per heavy atom. The van der Waals surface area contributed by atoms with Crippen LogP contribution in [0.1, 0.15) is 0 Å². The molecular formula is C6H13O8P. The van der Waals surface area contributed by atoms with Gasteiger partial charge in [-0.15, -0.1) is 0 Å². The van der Waals surface area contributed by atoms with Gasteiger partial charge >= 0.3 is 8.25 Å². The fourth-order valence-electron chi connectivity index (χ4n) is 0.765. The largest absolute Gasteiger partial charge is 0.388 e. The molecule has 8 nitrogen and oxygen atoms in total. The molecule has 0 fully saturated rings. The summed E-state index contributed by atoms with van der Waals surface area (Å²) in [5.41, 5.74) is 0. The van der Waals surface area contributed by atoms with Crippen LogP contribution in [0.3, 0.4) is 0 Å². The van der Waals surface area contributed by atoms with Gasteiger partial charge in [-0.3, -0.25) is 4.57 Å². The molecule has 0 spiro atoms. The maximum Gasteiger partial charge on any atom is 0.316 e. The standard InChI is InChI=1S/C6H13O8P/c7-1-3(8)5(10)6(11)4(9)2-14-15(12)13/h1,3-6,8-11,15H,2H2,(H,12,13). The van der Waals surface area contributed by atoms with Crippen LogP contribution in [0.15, 0.2) is 0 Å². The minimum atomic E-state index is -3.25. The second-order valence-electron chi connectivity index (χ2n) is 2.75. The van der Waals surface area contributed by atoms with Crippen molar-refractivity contribution in [1.82, 2.24) is 0 Å². The van der Waals surface area contributed by atoms with Gasteiger partial charge in [-0.2, -0.15) is 0 Å². The number of aldehydes is 1. The first-order valence-electron chi connectivity index (χ1n) is 3.93. The lowest BCUT2D eigenvalue weighted by molar-refractivity contribution is -0.135. The average molecular weight is 244 g/mol. The lowest BCUT2D eigenvalue weighted by atomic mass is 10.0. The number of hydrogen-bond acceptors (Lipinski definition) is 7. The molecule has 0 amide bonds. The van der Waals surface area contributed by atoms with Gasteiger partial charge < -0.3 is 34.6 Å². The number of aliphatic hydroxyl groups excluding tert-OH is 4. The van der Waals surface area contributed by atoms with Gasteiger partial charge in [0.05, 0.1) is 6.61 Å². The molecule has 5 atom stereocenters. The molecule has 0 aromatic carbocycles.